The van der Waals surface area contributed by atoms with Crippen molar-refractivity contribution < 1.29 is 18.0 Å². The fraction of sp³-hybridized carbons (Fsp3) is 0.263. The topological polar surface area (TPSA) is 56.1 Å². The van der Waals surface area contributed by atoms with E-state index >= 15 is 0 Å². The van der Waals surface area contributed by atoms with Crippen molar-refractivity contribution in [2.45, 2.75) is 25.1 Å². The van der Waals surface area contributed by atoms with Crippen molar-refractivity contribution in [2.24, 2.45) is 0 Å². The second-order valence-corrected chi connectivity index (χ2v) is 6.03. The number of alkyl halides is 3. The lowest BCUT2D eigenvalue weighted by Gasteiger charge is -2.36. The first-order valence-corrected chi connectivity index (χ1v) is 8.10. The molecule has 2 aromatic carbocycles. The number of anilines is 1. The third kappa shape index (κ3) is 3.64. The molecule has 0 bridgehead atoms. The van der Waals surface area contributed by atoms with Gasteiger partial charge in [-0.05, 0) is 41.8 Å². The van der Waals surface area contributed by atoms with Crippen LogP contribution in [0.15, 0.2) is 48.5 Å². The summed E-state index contributed by atoms with van der Waals surface area (Å²) >= 11 is 0. The number of halogens is 3. The predicted molar refractivity (Wildman–Crippen MR) is 90.3 cm³/mol. The number of carbonyl (C=O) groups is 1. The zero-order valence-corrected chi connectivity index (χ0v) is 13.8. The van der Waals surface area contributed by atoms with E-state index in [4.69, 9.17) is 5.26 Å². The quantitative estimate of drug-likeness (QED) is 0.841. The standard InChI is InChI=1S/C19H16F3N3O/c20-19(21,22)14-5-7-15(8-6-14)24-18(26)25-12-10-13-3-1-2-4-16(13)17(25)9-11-23/h1-8,17H,9-10,12H2,(H,24,26)/t17-/m0/s1. The third-order valence-electron chi connectivity index (χ3n) is 4.42. The monoisotopic (exact) mass is 359 g/mol. The van der Waals surface area contributed by atoms with E-state index in [1.54, 1.807) is 4.90 Å². The van der Waals surface area contributed by atoms with Crippen molar-refractivity contribution in [1.82, 2.24) is 4.90 Å². The molecule has 1 aliphatic heterocycles. The second kappa shape index (κ2) is 7.08. The molecule has 26 heavy (non-hydrogen) atoms. The molecule has 0 spiro atoms. The second-order valence-electron chi connectivity index (χ2n) is 6.03. The Kier molecular flexibility index (Phi) is 4.85. The van der Waals surface area contributed by atoms with E-state index in [1.807, 2.05) is 24.3 Å². The molecule has 4 nitrogen and oxygen atoms in total. The van der Waals surface area contributed by atoms with E-state index in [0.29, 0.717) is 13.0 Å². The maximum absolute atomic E-state index is 12.6. The van der Waals surface area contributed by atoms with E-state index in [2.05, 4.69) is 11.4 Å². The summed E-state index contributed by atoms with van der Waals surface area (Å²) in [5.74, 6) is 0. The van der Waals surface area contributed by atoms with Gasteiger partial charge in [-0.2, -0.15) is 18.4 Å². The van der Waals surface area contributed by atoms with E-state index < -0.39 is 17.8 Å². The smallest absolute Gasteiger partial charge is 0.316 e. The predicted octanol–water partition coefficient (Wildman–Crippen LogP) is 4.75. The number of urea groups is 1. The minimum atomic E-state index is -4.42. The first-order chi connectivity index (χ1) is 12.4. The normalized spacial score (nSPS) is 16.5. The van der Waals surface area contributed by atoms with Gasteiger partial charge in [0.1, 0.15) is 0 Å². The molecule has 1 heterocycles. The summed E-state index contributed by atoms with van der Waals surface area (Å²) in [6, 6.07) is 13.2. The molecule has 3 rings (SSSR count). The van der Waals surface area contributed by atoms with Crippen LogP contribution in [0.1, 0.15) is 29.2 Å². The molecule has 0 radical (unpaired) electrons. The number of carbonyl (C=O) groups excluding carboxylic acids is 1. The zero-order chi connectivity index (χ0) is 18.7. The van der Waals surface area contributed by atoms with Gasteiger partial charge in [0.05, 0.1) is 24.1 Å². The van der Waals surface area contributed by atoms with Crippen molar-refractivity contribution in [1.29, 1.82) is 5.26 Å². The van der Waals surface area contributed by atoms with Crippen molar-refractivity contribution in [2.75, 3.05) is 11.9 Å². The average Bonchev–Trinajstić information content (AvgIpc) is 2.62. The highest BCUT2D eigenvalue weighted by molar-refractivity contribution is 5.89. The SMILES string of the molecule is N#CC[C@H]1c2ccccc2CCN1C(=O)Nc1ccc(C(F)(F)F)cc1. The number of benzene rings is 2. The molecule has 1 atom stereocenters. The summed E-state index contributed by atoms with van der Waals surface area (Å²) in [6.07, 6.45) is -3.60. The highest BCUT2D eigenvalue weighted by Crippen LogP contribution is 2.33. The van der Waals surface area contributed by atoms with Gasteiger partial charge in [-0.15, -0.1) is 0 Å². The lowest BCUT2D eigenvalue weighted by molar-refractivity contribution is -0.137. The Hall–Kier alpha value is -3.01. The summed E-state index contributed by atoms with van der Waals surface area (Å²) < 4.78 is 37.9. The number of hydrogen-bond acceptors (Lipinski definition) is 2. The van der Waals surface area contributed by atoms with Crippen molar-refractivity contribution in [3.8, 4) is 6.07 Å². The summed E-state index contributed by atoms with van der Waals surface area (Å²) in [5.41, 5.74) is 1.54. The van der Waals surface area contributed by atoms with Gasteiger partial charge >= 0.3 is 12.2 Å². The van der Waals surface area contributed by atoms with Crippen LogP contribution in [0, 0.1) is 11.3 Å². The van der Waals surface area contributed by atoms with Crippen LogP contribution in [0.5, 0.6) is 0 Å². The van der Waals surface area contributed by atoms with Crippen LogP contribution < -0.4 is 5.32 Å². The minimum Gasteiger partial charge on any atom is -0.316 e. The first kappa shape index (κ1) is 17.8. The zero-order valence-electron chi connectivity index (χ0n) is 13.8. The first-order valence-electron chi connectivity index (χ1n) is 8.10. The van der Waals surface area contributed by atoms with Gasteiger partial charge in [-0.25, -0.2) is 4.79 Å². The largest absolute Gasteiger partial charge is 0.416 e. The lowest BCUT2D eigenvalue weighted by atomic mass is 9.91. The Morgan fingerprint density at radius 2 is 1.88 bits per heavy atom. The van der Waals surface area contributed by atoms with Crippen LogP contribution in [-0.4, -0.2) is 17.5 Å². The van der Waals surface area contributed by atoms with Crippen LogP contribution in [0.2, 0.25) is 0 Å². The fourth-order valence-corrected chi connectivity index (χ4v) is 3.14. The molecule has 7 heteroatoms. The van der Waals surface area contributed by atoms with E-state index in [1.165, 1.54) is 12.1 Å². The number of fused-ring (bicyclic) bond motifs is 1. The fourth-order valence-electron chi connectivity index (χ4n) is 3.14. The van der Waals surface area contributed by atoms with Gasteiger partial charge in [0.25, 0.3) is 0 Å². The maximum Gasteiger partial charge on any atom is 0.416 e. The molecule has 1 aliphatic rings. The molecular formula is C19H16F3N3O. The molecule has 0 saturated carbocycles. The summed E-state index contributed by atoms with van der Waals surface area (Å²) in [7, 11) is 0. The minimum absolute atomic E-state index is 0.150. The number of nitrogens with zero attached hydrogens (tertiary/aromatic N) is 2. The molecule has 2 amide bonds. The molecule has 0 unspecified atom stereocenters. The Morgan fingerprint density at radius 1 is 1.19 bits per heavy atom. The van der Waals surface area contributed by atoms with Crippen LogP contribution >= 0.6 is 0 Å². The molecular weight excluding hydrogens is 343 g/mol. The summed E-state index contributed by atoms with van der Waals surface area (Å²) in [4.78, 5) is 14.2. The molecule has 0 saturated heterocycles. The van der Waals surface area contributed by atoms with Crippen LogP contribution in [0.4, 0.5) is 23.7 Å². The van der Waals surface area contributed by atoms with Crippen molar-refractivity contribution in [3.63, 3.8) is 0 Å². The van der Waals surface area contributed by atoms with Gasteiger partial charge in [-0.3, -0.25) is 0 Å². The Morgan fingerprint density at radius 3 is 2.54 bits per heavy atom. The number of nitriles is 1. The van der Waals surface area contributed by atoms with E-state index in [9.17, 15) is 18.0 Å². The van der Waals surface area contributed by atoms with Crippen LogP contribution in [0.25, 0.3) is 0 Å². The number of nitrogens with one attached hydrogen (secondary N) is 1. The van der Waals surface area contributed by atoms with Crippen molar-refractivity contribution in [3.05, 3.63) is 65.2 Å². The van der Waals surface area contributed by atoms with Crippen molar-refractivity contribution >= 4 is 11.7 Å². The lowest BCUT2D eigenvalue weighted by Crippen LogP contribution is -2.42. The van der Waals surface area contributed by atoms with Gasteiger partial charge < -0.3 is 10.2 Å². The van der Waals surface area contributed by atoms with E-state index in [-0.39, 0.29) is 18.2 Å². The molecule has 2 aromatic rings. The highest BCUT2D eigenvalue weighted by atomic mass is 19.4. The molecule has 0 fully saturated rings. The molecule has 0 aromatic heterocycles. The number of amides is 2. The summed E-state index contributed by atoms with van der Waals surface area (Å²) in [5, 5.41) is 11.7. The van der Waals surface area contributed by atoms with Crippen LogP contribution in [-0.2, 0) is 12.6 Å². The molecule has 0 aliphatic carbocycles. The Labute approximate surface area is 148 Å². The van der Waals surface area contributed by atoms with E-state index in [0.717, 1.165) is 23.3 Å². The Bertz CT molecular complexity index is 840. The number of hydrogen-bond donors (Lipinski definition) is 1. The molecule has 134 valence electrons. The van der Waals surface area contributed by atoms with Gasteiger partial charge in [-0.1, -0.05) is 24.3 Å². The highest BCUT2D eigenvalue weighted by Gasteiger charge is 2.32. The maximum atomic E-state index is 12.6. The molecule has 1 N–H and O–H groups in total. The van der Waals surface area contributed by atoms with Gasteiger partial charge in [0.15, 0.2) is 0 Å². The average molecular weight is 359 g/mol. The Balaban J connectivity index is 1.78. The third-order valence-corrected chi connectivity index (χ3v) is 4.42. The summed E-state index contributed by atoms with van der Waals surface area (Å²) in [6.45, 7) is 0.440. The van der Waals surface area contributed by atoms with Gasteiger partial charge in [0, 0.05) is 12.2 Å². The van der Waals surface area contributed by atoms with Gasteiger partial charge in [0.2, 0.25) is 0 Å². The number of rotatable bonds is 2. The van der Waals surface area contributed by atoms with Crippen LogP contribution in [0.3, 0.4) is 0 Å².